The van der Waals surface area contributed by atoms with Gasteiger partial charge in [-0.05, 0) is 12.1 Å². The van der Waals surface area contributed by atoms with E-state index < -0.39 is 16.8 Å². The molecule has 0 radical (unpaired) electrons. The van der Waals surface area contributed by atoms with Crippen LogP contribution in [-0.4, -0.2) is 36.9 Å². The number of primary amides is 1. The Kier molecular flexibility index (Phi) is 3.61. The van der Waals surface area contributed by atoms with Crippen LogP contribution in [0.15, 0.2) is 24.4 Å². The number of aromatic carboxylic acids is 1. The van der Waals surface area contributed by atoms with Gasteiger partial charge in [0.1, 0.15) is 0 Å². The average molecular weight is 291 g/mol. The van der Waals surface area contributed by atoms with Gasteiger partial charge in [0, 0.05) is 11.6 Å². The van der Waals surface area contributed by atoms with E-state index in [2.05, 4.69) is 10.3 Å². The Morgan fingerprint density at radius 2 is 2.14 bits per heavy atom. The van der Waals surface area contributed by atoms with Crippen LogP contribution in [0.5, 0.6) is 0 Å². The number of benzene rings is 1. The maximum Gasteiger partial charge on any atom is 0.358 e. The predicted molar refractivity (Wildman–Crippen MR) is 67.7 cm³/mol. The lowest BCUT2D eigenvalue weighted by Crippen LogP contribution is -2.12. The van der Waals surface area contributed by atoms with Gasteiger partial charge in [0.15, 0.2) is 5.69 Å². The van der Waals surface area contributed by atoms with Crippen molar-refractivity contribution in [1.29, 1.82) is 0 Å². The van der Waals surface area contributed by atoms with Gasteiger partial charge in [-0.3, -0.25) is 14.9 Å². The molecular weight excluding hydrogens is 282 g/mol. The summed E-state index contributed by atoms with van der Waals surface area (Å²) in [6, 6.07) is 3.77. The number of hydrogen-bond acceptors (Lipinski definition) is 6. The molecule has 3 N–H and O–H groups in total. The van der Waals surface area contributed by atoms with E-state index in [1.54, 1.807) is 0 Å². The molecule has 0 aliphatic heterocycles. The van der Waals surface area contributed by atoms with Gasteiger partial charge in [-0.25, -0.2) is 9.48 Å². The molecule has 1 heterocycles. The maximum atomic E-state index is 11.0. The number of rotatable bonds is 5. The summed E-state index contributed by atoms with van der Waals surface area (Å²) >= 11 is 0. The van der Waals surface area contributed by atoms with Gasteiger partial charge in [0.25, 0.3) is 5.69 Å². The van der Waals surface area contributed by atoms with Crippen LogP contribution in [0.1, 0.15) is 26.4 Å². The summed E-state index contributed by atoms with van der Waals surface area (Å²) in [6.07, 6.45) is 1.15. The first-order chi connectivity index (χ1) is 9.88. The van der Waals surface area contributed by atoms with E-state index in [1.165, 1.54) is 12.1 Å². The van der Waals surface area contributed by atoms with Crippen molar-refractivity contribution in [2.75, 3.05) is 0 Å². The number of amides is 1. The van der Waals surface area contributed by atoms with Crippen LogP contribution in [0.25, 0.3) is 0 Å². The highest BCUT2D eigenvalue weighted by Gasteiger charge is 2.18. The lowest BCUT2D eigenvalue weighted by atomic mass is 10.1. The molecule has 1 aromatic heterocycles. The fraction of sp³-hybridized carbons (Fsp3) is 0.0909. The molecule has 0 fully saturated rings. The fourth-order valence-electron chi connectivity index (χ4n) is 1.67. The molecule has 0 bridgehead atoms. The van der Waals surface area contributed by atoms with E-state index in [-0.39, 0.29) is 29.1 Å². The second-order valence-electron chi connectivity index (χ2n) is 4.07. The van der Waals surface area contributed by atoms with Crippen molar-refractivity contribution >= 4 is 17.6 Å². The molecule has 0 atom stereocenters. The third kappa shape index (κ3) is 3.00. The summed E-state index contributed by atoms with van der Waals surface area (Å²) in [5.41, 5.74) is 4.74. The molecule has 10 heteroatoms. The van der Waals surface area contributed by atoms with Crippen LogP contribution in [0, 0.1) is 10.1 Å². The van der Waals surface area contributed by atoms with Crippen LogP contribution < -0.4 is 5.73 Å². The molecular formula is C11H9N5O5. The zero-order valence-corrected chi connectivity index (χ0v) is 10.5. The topological polar surface area (TPSA) is 154 Å². The van der Waals surface area contributed by atoms with Crippen LogP contribution in [0.2, 0.25) is 0 Å². The molecule has 10 nitrogen and oxygen atoms in total. The maximum absolute atomic E-state index is 11.0. The number of aromatic nitrogens is 3. The molecule has 1 aromatic carbocycles. The minimum Gasteiger partial charge on any atom is -0.476 e. The zero-order valence-electron chi connectivity index (χ0n) is 10.5. The SMILES string of the molecule is NC(=O)c1ccc(Cn2cc(C(=O)O)nn2)c([N+](=O)[O-])c1. The number of carbonyl (C=O) groups is 2. The van der Waals surface area contributed by atoms with Gasteiger partial charge in [0.05, 0.1) is 23.2 Å². The standard InChI is InChI=1S/C11H9N5O5/c12-10(17)6-1-2-7(9(3-6)16(20)21)4-15-5-8(11(18)19)13-14-15/h1-3,5H,4H2,(H2,12,17)(H,18,19). The van der Waals surface area contributed by atoms with Gasteiger partial charge in [0.2, 0.25) is 5.91 Å². The molecule has 0 aliphatic carbocycles. The molecule has 1 amide bonds. The van der Waals surface area contributed by atoms with Crippen LogP contribution in [0.3, 0.4) is 0 Å². The molecule has 0 aliphatic rings. The Balaban J connectivity index is 2.36. The minimum absolute atomic E-state index is 0.00950. The van der Waals surface area contributed by atoms with Gasteiger partial charge in [-0.15, -0.1) is 5.10 Å². The van der Waals surface area contributed by atoms with Crippen molar-refractivity contribution in [1.82, 2.24) is 15.0 Å². The second-order valence-corrected chi connectivity index (χ2v) is 4.07. The van der Waals surface area contributed by atoms with Crippen molar-refractivity contribution in [3.05, 3.63) is 51.3 Å². The summed E-state index contributed by atoms with van der Waals surface area (Å²) in [5.74, 6) is -2.03. The van der Waals surface area contributed by atoms with Crippen LogP contribution in [-0.2, 0) is 6.54 Å². The number of hydrogen-bond donors (Lipinski definition) is 2. The van der Waals surface area contributed by atoms with E-state index in [9.17, 15) is 19.7 Å². The lowest BCUT2D eigenvalue weighted by Gasteiger charge is -2.04. The third-order valence-corrected chi connectivity index (χ3v) is 2.66. The number of carboxylic acid groups (broad SMARTS) is 1. The van der Waals surface area contributed by atoms with Crippen molar-refractivity contribution in [2.45, 2.75) is 6.54 Å². The third-order valence-electron chi connectivity index (χ3n) is 2.66. The second kappa shape index (κ2) is 5.36. The smallest absolute Gasteiger partial charge is 0.358 e. The van der Waals surface area contributed by atoms with Crippen LogP contribution >= 0.6 is 0 Å². The van der Waals surface area contributed by atoms with Gasteiger partial charge in [-0.2, -0.15) is 0 Å². The van der Waals surface area contributed by atoms with E-state index in [1.807, 2.05) is 0 Å². The van der Waals surface area contributed by atoms with Crippen molar-refractivity contribution in [3.8, 4) is 0 Å². The lowest BCUT2D eigenvalue weighted by molar-refractivity contribution is -0.385. The largest absolute Gasteiger partial charge is 0.476 e. The van der Waals surface area contributed by atoms with Crippen molar-refractivity contribution in [2.24, 2.45) is 5.73 Å². The summed E-state index contributed by atoms with van der Waals surface area (Å²) in [5, 5.41) is 26.7. The number of nitrogens with zero attached hydrogens (tertiary/aromatic N) is 4. The van der Waals surface area contributed by atoms with Gasteiger partial charge in [-0.1, -0.05) is 5.21 Å². The van der Waals surface area contributed by atoms with Gasteiger partial charge >= 0.3 is 5.97 Å². The van der Waals surface area contributed by atoms with Crippen molar-refractivity contribution in [3.63, 3.8) is 0 Å². The predicted octanol–water partition coefficient (Wildman–Crippen LogP) is 0.0317. The van der Waals surface area contributed by atoms with Gasteiger partial charge < -0.3 is 10.8 Å². The summed E-state index contributed by atoms with van der Waals surface area (Å²) in [6.45, 7) is -0.0599. The number of carboxylic acids is 1. The number of nitro benzene ring substituents is 1. The molecule has 0 unspecified atom stereocenters. The number of nitrogens with two attached hydrogens (primary N) is 1. The van der Waals surface area contributed by atoms with E-state index >= 15 is 0 Å². The van der Waals surface area contributed by atoms with Crippen molar-refractivity contribution < 1.29 is 19.6 Å². The number of carbonyl (C=O) groups excluding carboxylic acids is 1. The average Bonchev–Trinajstić information content (AvgIpc) is 2.87. The first kappa shape index (κ1) is 14.1. The van der Waals surface area contributed by atoms with Crippen LogP contribution in [0.4, 0.5) is 5.69 Å². The summed E-state index contributed by atoms with van der Waals surface area (Å²) < 4.78 is 1.15. The highest BCUT2D eigenvalue weighted by molar-refractivity contribution is 5.93. The normalized spacial score (nSPS) is 10.3. The molecule has 2 aromatic rings. The monoisotopic (exact) mass is 291 g/mol. The highest BCUT2D eigenvalue weighted by Crippen LogP contribution is 2.21. The Labute approximate surface area is 116 Å². The molecule has 0 saturated carbocycles. The van der Waals surface area contributed by atoms with E-state index in [4.69, 9.17) is 10.8 Å². The molecule has 2 rings (SSSR count). The Bertz CT molecular complexity index is 738. The Morgan fingerprint density at radius 1 is 1.43 bits per heavy atom. The minimum atomic E-state index is -1.25. The number of nitro groups is 1. The highest BCUT2D eigenvalue weighted by atomic mass is 16.6. The quantitative estimate of drug-likeness (QED) is 0.581. The Hall–Kier alpha value is -3.30. The molecule has 108 valence electrons. The summed E-state index contributed by atoms with van der Waals surface area (Å²) in [4.78, 5) is 32.1. The fourth-order valence-corrected chi connectivity index (χ4v) is 1.67. The zero-order chi connectivity index (χ0) is 15.6. The molecule has 0 saturated heterocycles. The first-order valence-electron chi connectivity index (χ1n) is 5.59. The van der Waals surface area contributed by atoms with E-state index in [0.717, 1.165) is 16.9 Å². The summed E-state index contributed by atoms with van der Waals surface area (Å²) in [7, 11) is 0. The molecule has 21 heavy (non-hydrogen) atoms. The van der Waals surface area contributed by atoms with E-state index in [0.29, 0.717) is 0 Å². The molecule has 0 spiro atoms. The first-order valence-corrected chi connectivity index (χ1v) is 5.59. The Morgan fingerprint density at radius 3 is 2.67 bits per heavy atom.